The van der Waals surface area contributed by atoms with Crippen LogP contribution in [-0.2, 0) is 4.79 Å². The number of carbonyl (C=O) groups is 1. The van der Waals surface area contributed by atoms with E-state index >= 15 is 0 Å². The van der Waals surface area contributed by atoms with Crippen molar-refractivity contribution >= 4 is 26.4 Å². The van der Waals surface area contributed by atoms with Crippen molar-refractivity contribution in [1.29, 1.82) is 0 Å². The summed E-state index contributed by atoms with van der Waals surface area (Å²) in [5.74, 6) is 0. The molecule has 1 atom stereocenters. The topological polar surface area (TPSA) is 37.3 Å². The molecule has 2 nitrogen and oxygen atoms in total. The Morgan fingerprint density at radius 2 is 2.17 bits per heavy atom. The minimum Gasteiger partial charge on any atom is -0.385 e. The van der Waals surface area contributed by atoms with Crippen LogP contribution in [0, 0.1) is 0 Å². The second-order valence-electron chi connectivity index (χ2n) is 0.980. The van der Waals surface area contributed by atoms with Crippen LogP contribution in [0.2, 0.25) is 0 Å². The first-order chi connectivity index (χ1) is 2.64. The highest BCUT2D eigenvalue weighted by atomic mass is 127. The number of hydrogen-bond acceptors (Lipinski definition) is 2. The van der Waals surface area contributed by atoms with Crippen molar-refractivity contribution < 1.29 is 9.90 Å². The molecule has 0 aromatic carbocycles. The largest absolute Gasteiger partial charge is 0.385 e. The number of hydrogen-bond donors (Lipinski definition) is 1. The summed E-state index contributed by atoms with van der Waals surface area (Å²) in [6.45, 7) is 1.44. The minimum atomic E-state index is -0.800. The average Bonchev–Trinajstić information content (AvgIpc) is 1.36. The Hall–Kier alpha value is 0.360. The molecule has 0 radical (unpaired) electrons. The van der Waals surface area contributed by atoms with E-state index in [1.54, 1.807) is 22.6 Å². The highest BCUT2D eigenvalue weighted by molar-refractivity contribution is 14.1. The molecule has 0 aliphatic heterocycles. The van der Waals surface area contributed by atoms with Crippen LogP contribution in [-0.4, -0.2) is 15.0 Å². The lowest BCUT2D eigenvalue weighted by atomic mass is 10.5. The summed E-state index contributed by atoms with van der Waals surface area (Å²) in [6.07, 6.45) is -0.800. The van der Waals surface area contributed by atoms with E-state index in [0.717, 1.165) is 0 Å². The highest BCUT2D eigenvalue weighted by Crippen LogP contribution is 1.90. The van der Waals surface area contributed by atoms with Gasteiger partial charge in [0.15, 0.2) is 0 Å². The molecule has 36 valence electrons. The van der Waals surface area contributed by atoms with Gasteiger partial charge in [-0.25, -0.2) is 0 Å². The van der Waals surface area contributed by atoms with E-state index in [2.05, 4.69) is 0 Å². The summed E-state index contributed by atoms with van der Waals surface area (Å²) in [4.78, 5) is 9.88. The third kappa shape index (κ3) is 2.59. The van der Waals surface area contributed by atoms with E-state index in [0.29, 0.717) is 0 Å². The van der Waals surface area contributed by atoms with Crippen LogP contribution < -0.4 is 0 Å². The summed E-state index contributed by atoms with van der Waals surface area (Å²) in [5, 5.41) is 8.27. The van der Waals surface area contributed by atoms with Gasteiger partial charge in [-0.3, -0.25) is 4.79 Å². The molecule has 3 heteroatoms. The number of aliphatic hydroxyl groups excluding tert-OH is 1. The molecule has 0 spiro atoms. The molecular weight excluding hydrogens is 195 g/mol. The molecule has 0 aromatic heterocycles. The van der Waals surface area contributed by atoms with Crippen molar-refractivity contribution in [2.45, 2.75) is 13.0 Å². The maximum atomic E-state index is 9.88. The quantitative estimate of drug-likeness (QED) is 0.489. The molecule has 0 bridgehead atoms. The van der Waals surface area contributed by atoms with Crippen molar-refractivity contribution in [3.63, 3.8) is 0 Å². The van der Waals surface area contributed by atoms with Crippen molar-refractivity contribution in [3.05, 3.63) is 0 Å². The van der Waals surface area contributed by atoms with Gasteiger partial charge in [0.2, 0.25) is 3.79 Å². The van der Waals surface area contributed by atoms with Crippen LogP contribution in [0.3, 0.4) is 0 Å². The average molecular weight is 200 g/mol. The summed E-state index contributed by atoms with van der Waals surface area (Å²) in [5.41, 5.74) is 0. The minimum absolute atomic E-state index is 0.215. The zero-order chi connectivity index (χ0) is 5.15. The fourth-order valence-corrected chi connectivity index (χ4v) is 0. The Kier molecular flexibility index (Phi) is 2.67. The highest BCUT2D eigenvalue weighted by Gasteiger charge is 1.99. The molecule has 0 saturated carbocycles. The van der Waals surface area contributed by atoms with Crippen molar-refractivity contribution in [3.8, 4) is 0 Å². The Bertz CT molecular complexity index is 59.8. The Morgan fingerprint density at radius 1 is 2.00 bits per heavy atom. The van der Waals surface area contributed by atoms with Crippen LogP contribution in [0.4, 0.5) is 0 Å². The lowest BCUT2D eigenvalue weighted by Crippen LogP contribution is -2.06. The third-order valence-electron chi connectivity index (χ3n) is 0.328. The fourth-order valence-electron chi connectivity index (χ4n) is 0. The van der Waals surface area contributed by atoms with Crippen LogP contribution in [0.5, 0.6) is 0 Å². The molecule has 0 aromatic rings. The smallest absolute Gasteiger partial charge is 0.220 e. The van der Waals surface area contributed by atoms with Crippen LogP contribution in [0.25, 0.3) is 0 Å². The SMILES string of the molecule is C[C@H](O)C(=O)I. The number of aliphatic hydroxyl groups is 1. The maximum absolute atomic E-state index is 9.88. The van der Waals surface area contributed by atoms with Gasteiger partial charge < -0.3 is 5.11 Å². The summed E-state index contributed by atoms with van der Waals surface area (Å²) in [6, 6.07) is 0. The van der Waals surface area contributed by atoms with Crippen LogP contribution in [0.1, 0.15) is 6.92 Å². The lowest BCUT2D eigenvalue weighted by molar-refractivity contribution is -0.115. The number of rotatable bonds is 1. The van der Waals surface area contributed by atoms with Gasteiger partial charge in [0, 0.05) is 22.6 Å². The summed E-state index contributed by atoms with van der Waals surface area (Å²) >= 11 is 1.54. The second kappa shape index (κ2) is 2.52. The molecule has 0 unspecified atom stereocenters. The Balaban J connectivity index is 3.26. The third-order valence-corrected chi connectivity index (χ3v) is 1.23. The first-order valence-corrected chi connectivity index (χ1v) is 2.60. The lowest BCUT2D eigenvalue weighted by Gasteiger charge is -1.88. The van der Waals surface area contributed by atoms with Gasteiger partial charge in [0.05, 0.1) is 0 Å². The van der Waals surface area contributed by atoms with E-state index in [9.17, 15) is 4.79 Å². The molecule has 0 rings (SSSR count). The molecule has 0 fully saturated rings. The van der Waals surface area contributed by atoms with E-state index < -0.39 is 6.10 Å². The summed E-state index contributed by atoms with van der Waals surface area (Å²) < 4.78 is -0.215. The second-order valence-corrected chi connectivity index (χ2v) is 2.04. The first kappa shape index (κ1) is 6.36. The molecule has 6 heavy (non-hydrogen) atoms. The molecular formula is C3H5IO2. The van der Waals surface area contributed by atoms with Gasteiger partial charge >= 0.3 is 0 Å². The molecule has 0 amide bonds. The predicted octanol–water partition coefficient (Wildman–Crippen LogP) is 0.329. The van der Waals surface area contributed by atoms with Gasteiger partial charge in [-0.2, -0.15) is 0 Å². The zero-order valence-electron chi connectivity index (χ0n) is 3.31. The zero-order valence-corrected chi connectivity index (χ0v) is 5.47. The molecule has 0 aliphatic carbocycles. The molecule has 1 N–H and O–H groups in total. The van der Waals surface area contributed by atoms with Crippen LogP contribution in [0.15, 0.2) is 0 Å². The Labute approximate surface area is 49.7 Å². The van der Waals surface area contributed by atoms with Crippen molar-refractivity contribution in [1.82, 2.24) is 0 Å². The normalized spacial score (nSPS) is 13.8. The van der Waals surface area contributed by atoms with Gasteiger partial charge in [-0.15, -0.1) is 0 Å². The van der Waals surface area contributed by atoms with Crippen molar-refractivity contribution in [2.24, 2.45) is 0 Å². The van der Waals surface area contributed by atoms with Gasteiger partial charge in [0.1, 0.15) is 6.10 Å². The van der Waals surface area contributed by atoms with E-state index in [-0.39, 0.29) is 3.79 Å². The maximum Gasteiger partial charge on any atom is 0.220 e. The number of halogens is 1. The molecule has 0 saturated heterocycles. The van der Waals surface area contributed by atoms with Crippen molar-refractivity contribution in [2.75, 3.05) is 0 Å². The number of carbonyl (C=O) groups excluding carboxylic acids is 1. The molecule has 0 heterocycles. The van der Waals surface area contributed by atoms with Gasteiger partial charge in [-0.05, 0) is 6.92 Å². The predicted molar refractivity (Wildman–Crippen MR) is 30.7 cm³/mol. The van der Waals surface area contributed by atoms with E-state index in [1.807, 2.05) is 0 Å². The fraction of sp³-hybridized carbons (Fsp3) is 0.667. The van der Waals surface area contributed by atoms with Crippen LogP contribution >= 0.6 is 22.6 Å². The molecule has 0 aliphatic rings. The van der Waals surface area contributed by atoms with Gasteiger partial charge in [-0.1, -0.05) is 0 Å². The standard InChI is InChI=1S/C3H5IO2/c1-2(5)3(4)6/h2,5H,1H3/t2-/m0/s1. The Morgan fingerprint density at radius 3 is 2.17 bits per heavy atom. The summed E-state index contributed by atoms with van der Waals surface area (Å²) in [7, 11) is 0. The van der Waals surface area contributed by atoms with Gasteiger partial charge in [0.25, 0.3) is 0 Å². The first-order valence-electron chi connectivity index (χ1n) is 1.52. The van der Waals surface area contributed by atoms with E-state index in [1.165, 1.54) is 6.92 Å². The van der Waals surface area contributed by atoms with E-state index in [4.69, 9.17) is 5.11 Å². The monoisotopic (exact) mass is 200 g/mol.